The van der Waals surface area contributed by atoms with Crippen LogP contribution in [-0.2, 0) is 9.53 Å². The summed E-state index contributed by atoms with van der Waals surface area (Å²) in [6, 6.07) is 9.79. The molecule has 1 unspecified atom stereocenters. The Morgan fingerprint density at radius 3 is 2.48 bits per heavy atom. The summed E-state index contributed by atoms with van der Waals surface area (Å²) in [5.74, 6) is 0.771. The van der Waals surface area contributed by atoms with Crippen molar-refractivity contribution in [3.8, 4) is 0 Å². The van der Waals surface area contributed by atoms with Gasteiger partial charge >= 0.3 is 6.09 Å². The molecule has 0 N–H and O–H groups in total. The van der Waals surface area contributed by atoms with Crippen LogP contribution in [-0.4, -0.2) is 47.0 Å². The van der Waals surface area contributed by atoms with Crippen LogP contribution in [0, 0.1) is 5.92 Å². The van der Waals surface area contributed by atoms with Crippen molar-refractivity contribution in [3.63, 3.8) is 0 Å². The lowest BCUT2D eigenvalue weighted by Crippen LogP contribution is -2.42. The SMILES string of the molecule is CC(C)(C)OC(=O)N1CCC(=O)N(CC2CC2)CC1c1ccccc1. The molecule has 3 rings (SSSR count). The van der Waals surface area contributed by atoms with E-state index in [0.717, 1.165) is 12.1 Å². The quantitative estimate of drug-likeness (QED) is 0.842. The topological polar surface area (TPSA) is 49.9 Å². The van der Waals surface area contributed by atoms with Crippen molar-refractivity contribution in [1.82, 2.24) is 9.80 Å². The van der Waals surface area contributed by atoms with Crippen LogP contribution in [0.1, 0.15) is 51.6 Å². The maximum absolute atomic E-state index is 12.8. The number of hydrogen-bond donors (Lipinski definition) is 0. The largest absolute Gasteiger partial charge is 0.444 e. The van der Waals surface area contributed by atoms with Crippen LogP contribution in [0.3, 0.4) is 0 Å². The summed E-state index contributed by atoms with van der Waals surface area (Å²) in [5, 5.41) is 0. The third kappa shape index (κ3) is 4.74. The number of ether oxygens (including phenoxy) is 1. The lowest BCUT2D eigenvalue weighted by molar-refractivity contribution is -0.130. The molecule has 0 aromatic heterocycles. The molecule has 5 heteroatoms. The predicted octanol–water partition coefficient (Wildman–Crippen LogP) is 3.61. The van der Waals surface area contributed by atoms with Gasteiger partial charge in [-0.2, -0.15) is 0 Å². The number of benzene rings is 1. The summed E-state index contributed by atoms with van der Waals surface area (Å²) in [7, 11) is 0. The summed E-state index contributed by atoms with van der Waals surface area (Å²) < 4.78 is 5.61. The van der Waals surface area contributed by atoms with Gasteiger partial charge in [-0.05, 0) is 45.1 Å². The Kier molecular flexibility index (Phi) is 5.02. The highest BCUT2D eigenvalue weighted by molar-refractivity contribution is 5.78. The van der Waals surface area contributed by atoms with Gasteiger partial charge in [-0.3, -0.25) is 9.69 Å². The van der Waals surface area contributed by atoms with Gasteiger partial charge in [0.05, 0.1) is 6.04 Å². The van der Waals surface area contributed by atoms with Crippen LogP contribution in [0.2, 0.25) is 0 Å². The monoisotopic (exact) mass is 344 g/mol. The average Bonchev–Trinajstić information content (AvgIpc) is 3.36. The molecule has 1 atom stereocenters. The predicted molar refractivity (Wildman–Crippen MR) is 96.0 cm³/mol. The minimum absolute atomic E-state index is 0.138. The van der Waals surface area contributed by atoms with E-state index in [1.165, 1.54) is 12.8 Å². The van der Waals surface area contributed by atoms with Crippen LogP contribution in [0.25, 0.3) is 0 Å². The second kappa shape index (κ2) is 7.06. The number of hydrogen-bond acceptors (Lipinski definition) is 3. The molecule has 1 heterocycles. The van der Waals surface area contributed by atoms with Crippen LogP contribution >= 0.6 is 0 Å². The number of carbonyl (C=O) groups is 2. The van der Waals surface area contributed by atoms with E-state index in [1.807, 2.05) is 56.0 Å². The molecule has 1 aliphatic carbocycles. The standard InChI is InChI=1S/C20H28N2O3/c1-20(2,3)25-19(24)22-12-11-18(23)21(13-15-9-10-15)14-17(22)16-7-5-4-6-8-16/h4-8,15,17H,9-14H2,1-3H3. The van der Waals surface area contributed by atoms with Gasteiger partial charge in [0.15, 0.2) is 0 Å². The van der Waals surface area contributed by atoms with Gasteiger partial charge in [-0.1, -0.05) is 30.3 Å². The molecule has 1 saturated carbocycles. The van der Waals surface area contributed by atoms with Gasteiger partial charge in [0.2, 0.25) is 5.91 Å². The van der Waals surface area contributed by atoms with Crippen molar-refractivity contribution >= 4 is 12.0 Å². The van der Waals surface area contributed by atoms with E-state index in [2.05, 4.69) is 0 Å². The van der Waals surface area contributed by atoms with Gasteiger partial charge in [0.25, 0.3) is 0 Å². The fourth-order valence-corrected chi connectivity index (χ4v) is 3.23. The second-order valence-corrected chi connectivity index (χ2v) is 8.09. The Morgan fingerprint density at radius 1 is 1.20 bits per heavy atom. The summed E-state index contributed by atoms with van der Waals surface area (Å²) in [4.78, 5) is 29.0. The van der Waals surface area contributed by atoms with Gasteiger partial charge in [-0.25, -0.2) is 4.79 Å². The maximum Gasteiger partial charge on any atom is 0.410 e. The Hall–Kier alpha value is -2.04. The fraction of sp³-hybridized carbons (Fsp3) is 0.600. The maximum atomic E-state index is 12.8. The van der Waals surface area contributed by atoms with Gasteiger partial charge < -0.3 is 9.64 Å². The minimum Gasteiger partial charge on any atom is -0.444 e. The highest BCUT2D eigenvalue weighted by atomic mass is 16.6. The molecule has 0 bridgehead atoms. The first-order chi connectivity index (χ1) is 11.8. The van der Waals surface area contributed by atoms with Crippen molar-refractivity contribution in [2.24, 2.45) is 5.92 Å². The third-order valence-electron chi connectivity index (χ3n) is 4.68. The molecule has 5 nitrogen and oxygen atoms in total. The summed E-state index contributed by atoms with van der Waals surface area (Å²) >= 11 is 0. The highest BCUT2D eigenvalue weighted by Crippen LogP contribution is 2.33. The fourth-order valence-electron chi connectivity index (χ4n) is 3.23. The summed E-state index contributed by atoms with van der Waals surface area (Å²) in [6.07, 6.45) is 2.42. The number of nitrogens with zero attached hydrogens (tertiary/aromatic N) is 2. The first-order valence-corrected chi connectivity index (χ1v) is 9.16. The Morgan fingerprint density at radius 2 is 1.88 bits per heavy atom. The number of carbonyl (C=O) groups excluding carboxylic acids is 2. The molecule has 0 radical (unpaired) electrons. The highest BCUT2D eigenvalue weighted by Gasteiger charge is 2.36. The first-order valence-electron chi connectivity index (χ1n) is 9.16. The van der Waals surface area contributed by atoms with Crippen molar-refractivity contribution in [3.05, 3.63) is 35.9 Å². The average molecular weight is 344 g/mol. The van der Waals surface area contributed by atoms with E-state index in [4.69, 9.17) is 4.74 Å². The van der Waals surface area contributed by atoms with Crippen LogP contribution < -0.4 is 0 Å². The molecule has 2 fully saturated rings. The van der Waals surface area contributed by atoms with E-state index in [9.17, 15) is 9.59 Å². The molecule has 1 aliphatic heterocycles. The minimum atomic E-state index is -0.553. The number of amides is 2. The summed E-state index contributed by atoms with van der Waals surface area (Å²) in [5.41, 5.74) is 0.492. The van der Waals surface area contributed by atoms with Gasteiger partial charge in [-0.15, -0.1) is 0 Å². The zero-order chi connectivity index (χ0) is 18.0. The van der Waals surface area contributed by atoms with E-state index < -0.39 is 5.60 Å². The Labute approximate surface area is 149 Å². The van der Waals surface area contributed by atoms with Crippen LogP contribution in [0.5, 0.6) is 0 Å². The molecule has 1 aromatic rings. The smallest absolute Gasteiger partial charge is 0.410 e. The summed E-state index contributed by atoms with van der Waals surface area (Å²) in [6.45, 7) is 7.35. The molecule has 25 heavy (non-hydrogen) atoms. The first kappa shape index (κ1) is 17.8. The Balaban J connectivity index is 1.85. The van der Waals surface area contributed by atoms with Gasteiger partial charge in [0, 0.05) is 26.1 Å². The third-order valence-corrected chi connectivity index (χ3v) is 4.68. The van der Waals surface area contributed by atoms with Crippen molar-refractivity contribution < 1.29 is 14.3 Å². The molecule has 1 saturated heterocycles. The van der Waals surface area contributed by atoms with E-state index in [0.29, 0.717) is 25.4 Å². The normalized spacial score (nSPS) is 21.9. The molecule has 2 aliphatic rings. The van der Waals surface area contributed by atoms with E-state index in [-0.39, 0.29) is 18.0 Å². The molecule has 2 amide bonds. The van der Waals surface area contributed by atoms with E-state index >= 15 is 0 Å². The zero-order valence-electron chi connectivity index (χ0n) is 15.4. The molecule has 1 aromatic carbocycles. The molecule has 136 valence electrons. The molecule has 0 spiro atoms. The number of rotatable bonds is 3. The van der Waals surface area contributed by atoms with Gasteiger partial charge in [0.1, 0.15) is 5.60 Å². The lowest BCUT2D eigenvalue weighted by Gasteiger charge is -2.33. The van der Waals surface area contributed by atoms with Crippen molar-refractivity contribution in [2.45, 2.75) is 51.7 Å². The van der Waals surface area contributed by atoms with Crippen molar-refractivity contribution in [1.29, 1.82) is 0 Å². The second-order valence-electron chi connectivity index (χ2n) is 8.09. The van der Waals surface area contributed by atoms with E-state index in [1.54, 1.807) is 4.90 Å². The van der Waals surface area contributed by atoms with Crippen LogP contribution in [0.15, 0.2) is 30.3 Å². The zero-order valence-corrected chi connectivity index (χ0v) is 15.4. The van der Waals surface area contributed by atoms with Crippen molar-refractivity contribution in [2.75, 3.05) is 19.6 Å². The lowest BCUT2D eigenvalue weighted by atomic mass is 10.1. The Bertz CT molecular complexity index is 620. The molecular formula is C20H28N2O3. The molecular weight excluding hydrogens is 316 g/mol. The van der Waals surface area contributed by atoms with Crippen LogP contribution in [0.4, 0.5) is 4.79 Å².